The highest BCUT2D eigenvalue weighted by Crippen LogP contribution is 2.30. The van der Waals surface area contributed by atoms with E-state index in [1.807, 2.05) is 44.2 Å². The number of carbonyl (C=O) groups excluding carboxylic acids is 2. The summed E-state index contributed by atoms with van der Waals surface area (Å²) in [6.45, 7) is 3.07. The van der Waals surface area contributed by atoms with Gasteiger partial charge >= 0.3 is 0 Å². The van der Waals surface area contributed by atoms with E-state index in [0.29, 0.717) is 27.8 Å². The maximum atomic E-state index is 14.6. The van der Waals surface area contributed by atoms with Gasteiger partial charge in [-0.2, -0.15) is 0 Å². The minimum Gasteiger partial charge on any atom is -0.497 e. The Balaban J connectivity index is 1.85. The van der Waals surface area contributed by atoms with Gasteiger partial charge in [0.15, 0.2) is 0 Å². The number of sulfonamides is 1. The van der Waals surface area contributed by atoms with E-state index >= 15 is 0 Å². The molecule has 0 unspecified atom stereocenters. The highest BCUT2D eigenvalue weighted by molar-refractivity contribution is 7.92. The van der Waals surface area contributed by atoms with Crippen molar-refractivity contribution in [3.8, 4) is 5.75 Å². The van der Waals surface area contributed by atoms with Crippen molar-refractivity contribution in [3.63, 3.8) is 0 Å². The molecule has 0 fully saturated rings. The molecular formula is C35H37Cl2N3O5S. The zero-order valence-corrected chi connectivity index (χ0v) is 28.2. The third kappa shape index (κ3) is 8.60. The van der Waals surface area contributed by atoms with Crippen LogP contribution in [-0.2, 0) is 32.6 Å². The molecule has 1 N–H and O–H groups in total. The van der Waals surface area contributed by atoms with Crippen molar-refractivity contribution < 1.29 is 22.7 Å². The van der Waals surface area contributed by atoms with Gasteiger partial charge in [-0.1, -0.05) is 90.8 Å². The lowest BCUT2D eigenvalue weighted by Crippen LogP contribution is -2.54. The van der Waals surface area contributed by atoms with E-state index in [1.54, 1.807) is 60.7 Å². The number of carbonyl (C=O) groups is 2. The lowest BCUT2D eigenvalue weighted by atomic mass is 10.0. The van der Waals surface area contributed by atoms with E-state index < -0.39 is 28.5 Å². The van der Waals surface area contributed by atoms with Gasteiger partial charge in [-0.15, -0.1) is 0 Å². The lowest BCUT2D eigenvalue weighted by Gasteiger charge is -2.34. The first-order chi connectivity index (χ1) is 22.0. The molecule has 4 rings (SSSR count). The fourth-order valence-electron chi connectivity index (χ4n) is 4.86. The van der Waals surface area contributed by atoms with E-state index in [4.69, 9.17) is 27.9 Å². The summed E-state index contributed by atoms with van der Waals surface area (Å²) in [7, 11) is -2.78. The van der Waals surface area contributed by atoms with Gasteiger partial charge in [0.2, 0.25) is 11.8 Å². The normalized spacial score (nSPS) is 12.5. The number of hydrogen-bond donors (Lipinski definition) is 1. The molecule has 0 spiro atoms. The largest absolute Gasteiger partial charge is 0.497 e. The molecule has 0 saturated heterocycles. The van der Waals surface area contributed by atoms with Crippen LogP contribution in [0.5, 0.6) is 5.75 Å². The van der Waals surface area contributed by atoms with Crippen LogP contribution >= 0.6 is 23.2 Å². The second-order valence-electron chi connectivity index (χ2n) is 10.8. The Labute approximate surface area is 280 Å². The third-order valence-electron chi connectivity index (χ3n) is 7.61. The number of anilines is 1. The summed E-state index contributed by atoms with van der Waals surface area (Å²) in [6, 6.07) is 27.4. The average molecular weight is 683 g/mol. The quantitative estimate of drug-likeness (QED) is 0.159. The van der Waals surface area contributed by atoms with Gasteiger partial charge in [0.05, 0.1) is 17.7 Å². The van der Waals surface area contributed by atoms with Gasteiger partial charge in [-0.05, 0) is 55.3 Å². The maximum Gasteiger partial charge on any atom is 0.264 e. The minimum absolute atomic E-state index is 0.00154. The fourth-order valence-corrected chi connectivity index (χ4v) is 6.81. The Bertz CT molecular complexity index is 1720. The van der Waals surface area contributed by atoms with Crippen LogP contribution in [0.2, 0.25) is 10.0 Å². The molecule has 0 bridgehead atoms. The van der Waals surface area contributed by atoms with E-state index in [9.17, 15) is 18.0 Å². The monoisotopic (exact) mass is 681 g/mol. The number of benzene rings is 4. The molecule has 0 radical (unpaired) electrons. The second kappa shape index (κ2) is 16.0. The molecule has 0 saturated carbocycles. The number of rotatable bonds is 14. The van der Waals surface area contributed by atoms with E-state index in [0.717, 1.165) is 9.87 Å². The number of nitrogens with one attached hydrogen (secondary N) is 1. The number of hydrogen-bond acceptors (Lipinski definition) is 5. The SMILES string of the molecule is CC[C@H](C)NC(=O)[C@@H](Cc1ccccc1)N(Cc1c(Cl)cccc1Cl)C(=O)CN(c1cccc(OC)c1)S(=O)(=O)c1ccccc1. The predicted octanol–water partition coefficient (Wildman–Crippen LogP) is 6.75. The van der Waals surface area contributed by atoms with Gasteiger partial charge in [0, 0.05) is 40.7 Å². The second-order valence-corrected chi connectivity index (χ2v) is 13.4. The molecule has 11 heteroatoms. The van der Waals surface area contributed by atoms with Crippen LogP contribution < -0.4 is 14.4 Å². The molecule has 0 heterocycles. The van der Waals surface area contributed by atoms with E-state index in [-0.39, 0.29) is 35.5 Å². The summed E-state index contributed by atoms with van der Waals surface area (Å²) in [5, 5.41) is 3.63. The van der Waals surface area contributed by atoms with Crippen molar-refractivity contribution in [3.05, 3.63) is 124 Å². The number of methoxy groups -OCH3 is 1. The third-order valence-corrected chi connectivity index (χ3v) is 10.1. The van der Waals surface area contributed by atoms with Gasteiger partial charge in [-0.3, -0.25) is 13.9 Å². The Morgan fingerprint density at radius 1 is 0.870 bits per heavy atom. The zero-order chi connectivity index (χ0) is 33.3. The predicted molar refractivity (Wildman–Crippen MR) is 183 cm³/mol. The molecular weight excluding hydrogens is 645 g/mol. The lowest BCUT2D eigenvalue weighted by molar-refractivity contribution is -0.140. The number of amides is 2. The topological polar surface area (TPSA) is 96.0 Å². The van der Waals surface area contributed by atoms with Crippen LogP contribution in [0.25, 0.3) is 0 Å². The van der Waals surface area contributed by atoms with Crippen molar-refractivity contribution in [2.75, 3.05) is 18.0 Å². The van der Waals surface area contributed by atoms with E-state index in [1.165, 1.54) is 24.1 Å². The Morgan fingerprint density at radius 2 is 1.48 bits per heavy atom. The minimum atomic E-state index is -4.25. The van der Waals surface area contributed by atoms with Crippen molar-refractivity contribution in [1.82, 2.24) is 10.2 Å². The first-order valence-corrected chi connectivity index (χ1v) is 17.0. The molecule has 4 aromatic carbocycles. The molecule has 2 atom stereocenters. The maximum absolute atomic E-state index is 14.6. The summed E-state index contributed by atoms with van der Waals surface area (Å²) in [5.74, 6) is -0.597. The molecule has 2 amide bonds. The zero-order valence-electron chi connectivity index (χ0n) is 25.9. The van der Waals surface area contributed by atoms with Crippen LogP contribution in [0.15, 0.2) is 108 Å². The highest BCUT2D eigenvalue weighted by Gasteiger charge is 2.35. The molecule has 0 aliphatic rings. The van der Waals surface area contributed by atoms with E-state index in [2.05, 4.69) is 5.32 Å². The summed E-state index contributed by atoms with van der Waals surface area (Å²) in [6.07, 6.45) is 0.842. The van der Waals surface area contributed by atoms with Crippen LogP contribution in [-0.4, -0.2) is 50.9 Å². The highest BCUT2D eigenvalue weighted by atomic mass is 35.5. The Morgan fingerprint density at radius 3 is 2.09 bits per heavy atom. The van der Waals surface area contributed by atoms with Gasteiger partial charge in [-0.25, -0.2) is 8.42 Å². The summed E-state index contributed by atoms with van der Waals surface area (Å²) < 4.78 is 34.7. The molecule has 0 aliphatic heterocycles. The molecule has 242 valence electrons. The van der Waals surface area contributed by atoms with Crippen LogP contribution in [0.3, 0.4) is 0 Å². The number of ether oxygens (including phenoxy) is 1. The van der Waals surface area contributed by atoms with Gasteiger partial charge in [0.1, 0.15) is 18.3 Å². The number of nitrogens with zero attached hydrogens (tertiary/aromatic N) is 2. The summed E-state index contributed by atoms with van der Waals surface area (Å²) in [5.41, 5.74) is 1.47. The standard InChI is InChI=1S/C35H37Cl2N3O5S/c1-4-25(2)38-35(42)33(21-26-13-7-5-8-14-26)39(23-30-31(36)19-12-20-32(30)37)34(41)24-40(27-15-11-16-28(22-27)45-3)46(43,44)29-17-9-6-10-18-29/h5-20,22,25,33H,4,21,23-24H2,1-3H3,(H,38,42)/t25-,33+/m0/s1. The van der Waals surface area contributed by atoms with Gasteiger partial charge in [0.25, 0.3) is 10.0 Å². The fraction of sp³-hybridized carbons (Fsp3) is 0.257. The summed E-state index contributed by atoms with van der Waals surface area (Å²) in [4.78, 5) is 29.9. The Kier molecular flexibility index (Phi) is 12.1. The number of halogens is 2. The van der Waals surface area contributed by atoms with Crippen molar-refractivity contribution >= 4 is 50.7 Å². The van der Waals surface area contributed by atoms with Crippen LogP contribution in [0.4, 0.5) is 5.69 Å². The van der Waals surface area contributed by atoms with Gasteiger partial charge < -0.3 is 15.0 Å². The molecule has 0 aromatic heterocycles. The molecule has 4 aromatic rings. The molecule has 8 nitrogen and oxygen atoms in total. The van der Waals surface area contributed by atoms with Crippen LogP contribution in [0.1, 0.15) is 31.4 Å². The molecule has 0 aliphatic carbocycles. The smallest absolute Gasteiger partial charge is 0.264 e. The van der Waals surface area contributed by atoms with Crippen molar-refractivity contribution in [2.24, 2.45) is 0 Å². The van der Waals surface area contributed by atoms with Crippen molar-refractivity contribution in [1.29, 1.82) is 0 Å². The van der Waals surface area contributed by atoms with Crippen molar-refractivity contribution in [2.45, 2.75) is 50.2 Å². The Hall–Kier alpha value is -4.05. The first-order valence-electron chi connectivity index (χ1n) is 14.8. The van der Waals surface area contributed by atoms with Crippen LogP contribution in [0, 0.1) is 0 Å². The first kappa shape index (κ1) is 34.8. The molecule has 46 heavy (non-hydrogen) atoms. The summed E-state index contributed by atoms with van der Waals surface area (Å²) >= 11 is 13.1. The average Bonchev–Trinajstić information content (AvgIpc) is 3.06.